The number of aromatic nitrogens is 2. The first kappa shape index (κ1) is 8.00. The van der Waals surface area contributed by atoms with E-state index >= 15 is 0 Å². The molecule has 66 valence electrons. The van der Waals surface area contributed by atoms with Crippen molar-refractivity contribution < 1.29 is 4.74 Å². The number of nitrogens with two attached hydrogens (primary N) is 1. The summed E-state index contributed by atoms with van der Waals surface area (Å²) >= 11 is 1.24. The van der Waals surface area contributed by atoms with Crippen LogP contribution in [0.2, 0.25) is 0 Å². The fraction of sp³-hybridized carbons (Fsp3) is 0. The number of nitrogens with zero attached hydrogens (tertiary/aromatic N) is 2. The Bertz CT molecular complexity index is 388. The van der Waals surface area contributed by atoms with Crippen molar-refractivity contribution in [3.8, 4) is 11.6 Å². The first-order valence-electron chi connectivity index (χ1n) is 3.65. The van der Waals surface area contributed by atoms with Crippen LogP contribution in [0.4, 0.5) is 5.69 Å². The zero-order valence-electron chi connectivity index (χ0n) is 6.68. The number of benzene rings is 1. The van der Waals surface area contributed by atoms with Crippen molar-refractivity contribution in [3.05, 3.63) is 29.6 Å². The van der Waals surface area contributed by atoms with E-state index in [0.29, 0.717) is 17.3 Å². The van der Waals surface area contributed by atoms with Crippen LogP contribution in [0, 0.1) is 0 Å². The summed E-state index contributed by atoms with van der Waals surface area (Å²) in [5, 5.41) is 5.46. The molecule has 0 aliphatic carbocycles. The Morgan fingerprint density at radius 2 is 2.15 bits per heavy atom. The molecule has 2 N–H and O–H groups in total. The maximum atomic E-state index is 5.67. The Morgan fingerprint density at radius 1 is 1.31 bits per heavy atom. The van der Waals surface area contributed by atoms with Gasteiger partial charge in [-0.3, -0.25) is 0 Å². The average Bonchev–Trinajstić information content (AvgIpc) is 2.61. The Kier molecular flexibility index (Phi) is 2.09. The highest BCUT2D eigenvalue weighted by atomic mass is 32.1. The molecular weight excluding hydrogens is 186 g/mol. The van der Waals surface area contributed by atoms with Gasteiger partial charge >= 0.3 is 0 Å². The molecule has 0 saturated carbocycles. The molecule has 0 unspecified atom stereocenters. The van der Waals surface area contributed by atoms with Crippen LogP contribution in [0.5, 0.6) is 11.6 Å². The molecule has 0 amide bonds. The van der Waals surface area contributed by atoms with Crippen molar-refractivity contribution >= 4 is 17.2 Å². The molecule has 2 rings (SSSR count). The zero-order chi connectivity index (χ0) is 9.10. The first-order chi connectivity index (χ1) is 6.36. The van der Waals surface area contributed by atoms with Gasteiger partial charge in [-0.1, -0.05) is 21.7 Å². The highest BCUT2D eigenvalue weighted by Gasteiger charge is 2.01. The average molecular weight is 193 g/mol. The molecule has 5 heteroatoms. The van der Waals surface area contributed by atoms with Gasteiger partial charge < -0.3 is 10.5 Å². The molecule has 1 heterocycles. The maximum absolute atomic E-state index is 5.67. The lowest BCUT2D eigenvalue weighted by atomic mass is 10.3. The first-order valence-corrected chi connectivity index (χ1v) is 4.49. The number of anilines is 1. The largest absolute Gasteiger partial charge is 0.435 e. The lowest BCUT2D eigenvalue weighted by Crippen LogP contribution is -1.91. The smallest absolute Gasteiger partial charge is 0.251 e. The lowest BCUT2D eigenvalue weighted by Gasteiger charge is -2.03. The molecular formula is C8H7N3OS. The van der Waals surface area contributed by atoms with Crippen LogP contribution in [0.25, 0.3) is 0 Å². The summed E-state index contributed by atoms with van der Waals surface area (Å²) in [6.07, 6.45) is 0. The van der Waals surface area contributed by atoms with Crippen molar-refractivity contribution in [2.45, 2.75) is 0 Å². The molecule has 4 nitrogen and oxygen atoms in total. The van der Waals surface area contributed by atoms with E-state index in [0.717, 1.165) is 0 Å². The van der Waals surface area contributed by atoms with E-state index in [4.69, 9.17) is 10.5 Å². The molecule has 1 aromatic heterocycles. The Balaban J connectivity index is 2.24. The standard InChI is InChI=1S/C8H7N3OS/c9-6-3-1-2-4-7(6)12-8-5-13-11-10-8/h1-5H,9H2. The number of ether oxygens (including phenoxy) is 1. The zero-order valence-corrected chi connectivity index (χ0v) is 7.49. The normalized spacial score (nSPS) is 9.85. The summed E-state index contributed by atoms with van der Waals surface area (Å²) < 4.78 is 9.03. The highest BCUT2D eigenvalue weighted by molar-refractivity contribution is 7.03. The minimum atomic E-state index is 0.475. The van der Waals surface area contributed by atoms with Crippen LogP contribution in [0.3, 0.4) is 0 Å². The minimum Gasteiger partial charge on any atom is -0.435 e. The summed E-state index contributed by atoms with van der Waals surface area (Å²) in [6, 6.07) is 7.26. The molecule has 0 aliphatic rings. The number of nitrogen functional groups attached to an aromatic ring is 1. The summed E-state index contributed by atoms with van der Waals surface area (Å²) in [5.41, 5.74) is 6.26. The van der Waals surface area contributed by atoms with Gasteiger partial charge in [0.2, 0.25) is 0 Å². The number of para-hydroxylation sites is 2. The Labute approximate surface area is 79.1 Å². The number of hydrogen-bond donors (Lipinski definition) is 1. The second-order valence-electron chi connectivity index (χ2n) is 2.38. The molecule has 0 atom stereocenters. The second kappa shape index (κ2) is 3.40. The summed E-state index contributed by atoms with van der Waals surface area (Å²) in [6.45, 7) is 0. The maximum Gasteiger partial charge on any atom is 0.251 e. The fourth-order valence-corrected chi connectivity index (χ4v) is 1.25. The van der Waals surface area contributed by atoms with Gasteiger partial charge in [-0.15, -0.1) is 0 Å². The Hall–Kier alpha value is -1.62. The summed E-state index contributed by atoms with van der Waals surface area (Å²) in [4.78, 5) is 0. The third-order valence-corrected chi connectivity index (χ3v) is 1.96. The van der Waals surface area contributed by atoms with Crippen molar-refractivity contribution in [1.29, 1.82) is 0 Å². The number of rotatable bonds is 2. The van der Waals surface area contributed by atoms with E-state index in [1.165, 1.54) is 11.5 Å². The molecule has 0 aliphatic heterocycles. The van der Waals surface area contributed by atoms with E-state index in [9.17, 15) is 0 Å². The van der Waals surface area contributed by atoms with E-state index in [2.05, 4.69) is 9.59 Å². The van der Waals surface area contributed by atoms with Gasteiger partial charge in [0.1, 0.15) is 0 Å². The van der Waals surface area contributed by atoms with Crippen LogP contribution in [-0.4, -0.2) is 9.59 Å². The van der Waals surface area contributed by atoms with E-state index in [1.807, 2.05) is 12.1 Å². The van der Waals surface area contributed by atoms with Gasteiger partial charge in [0.05, 0.1) is 11.1 Å². The van der Waals surface area contributed by atoms with Crippen molar-refractivity contribution in [1.82, 2.24) is 9.59 Å². The molecule has 1 aromatic carbocycles. The van der Waals surface area contributed by atoms with Gasteiger partial charge in [-0.2, -0.15) is 0 Å². The SMILES string of the molecule is Nc1ccccc1Oc1csnn1. The molecule has 0 spiro atoms. The third kappa shape index (κ3) is 1.75. The number of hydrogen-bond acceptors (Lipinski definition) is 5. The highest BCUT2D eigenvalue weighted by Crippen LogP contribution is 2.25. The van der Waals surface area contributed by atoms with Crippen LogP contribution in [-0.2, 0) is 0 Å². The van der Waals surface area contributed by atoms with Crippen LogP contribution < -0.4 is 10.5 Å². The topological polar surface area (TPSA) is 61.0 Å². The van der Waals surface area contributed by atoms with E-state index < -0.39 is 0 Å². The van der Waals surface area contributed by atoms with Crippen molar-refractivity contribution in [2.24, 2.45) is 0 Å². The quantitative estimate of drug-likeness (QED) is 0.740. The molecule has 0 radical (unpaired) electrons. The molecule has 0 fully saturated rings. The van der Waals surface area contributed by atoms with Crippen LogP contribution >= 0.6 is 11.5 Å². The molecule has 0 saturated heterocycles. The van der Waals surface area contributed by atoms with Crippen LogP contribution in [0.15, 0.2) is 29.6 Å². The van der Waals surface area contributed by atoms with Gasteiger partial charge in [0.15, 0.2) is 5.75 Å². The van der Waals surface area contributed by atoms with Crippen LogP contribution in [0.1, 0.15) is 0 Å². The molecule has 13 heavy (non-hydrogen) atoms. The van der Waals surface area contributed by atoms with E-state index in [1.54, 1.807) is 17.5 Å². The minimum absolute atomic E-state index is 0.475. The Morgan fingerprint density at radius 3 is 2.85 bits per heavy atom. The lowest BCUT2D eigenvalue weighted by molar-refractivity contribution is 0.464. The van der Waals surface area contributed by atoms with E-state index in [-0.39, 0.29) is 0 Å². The summed E-state index contributed by atoms with van der Waals surface area (Å²) in [5.74, 6) is 1.08. The fourth-order valence-electron chi connectivity index (χ4n) is 0.887. The predicted molar refractivity (Wildman–Crippen MR) is 50.8 cm³/mol. The van der Waals surface area contributed by atoms with Gasteiger partial charge in [0, 0.05) is 0 Å². The van der Waals surface area contributed by atoms with Crippen molar-refractivity contribution in [2.75, 3.05) is 5.73 Å². The predicted octanol–water partition coefficient (Wildman–Crippen LogP) is 1.91. The van der Waals surface area contributed by atoms with Crippen molar-refractivity contribution in [3.63, 3.8) is 0 Å². The summed E-state index contributed by atoms with van der Waals surface area (Å²) in [7, 11) is 0. The van der Waals surface area contributed by atoms with Gasteiger partial charge in [-0.05, 0) is 23.7 Å². The molecule has 0 bridgehead atoms. The second-order valence-corrected chi connectivity index (χ2v) is 2.99. The molecule has 2 aromatic rings. The van der Waals surface area contributed by atoms with Gasteiger partial charge in [-0.25, -0.2) is 0 Å². The van der Waals surface area contributed by atoms with Gasteiger partial charge in [0.25, 0.3) is 5.88 Å². The third-order valence-electron chi connectivity index (χ3n) is 1.47. The monoisotopic (exact) mass is 193 g/mol.